The summed E-state index contributed by atoms with van der Waals surface area (Å²) in [6.07, 6.45) is 1.44. The first-order valence-corrected chi connectivity index (χ1v) is 9.59. The van der Waals surface area contributed by atoms with Crippen molar-refractivity contribution in [1.82, 2.24) is 5.32 Å². The number of fused-ring (bicyclic) bond motifs is 1. The molecule has 0 radical (unpaired) electrons. The van der Waals surface area contributed by atoms with Gasteiger partial charge in [-0.15, -0.1) is 0 Å². The van der Waals surface area contributed by atoms with E-state index in [0.29, 0.717) is 11.3 Å². The van der Waals surface area contributed by atoms with Crippen LogP contribution in [0.5, 0.6) is 5.75 Å². The van der Waals surface area contributed by atoms with E-state index in [9.17, 15) is 14.4 Å². The molecule has 3 aromatic carbocycles. The molecule has 1 aliphatic rings. The summed E-state index contributed by atoms with van der Waals surface area (Å²) >= 11 is 12.2. The lowest BCUT2D eigenvalue weighted by molar-refractivity contribution is -0.122. The summed E-state index contributed by atoms with van der Waals surface area (Å²) in [4.78, 5) is 38.8. The SMILES string of the molecule is COc1ccc(/C=C2\C(=O)NC(=O)N(c3cccc(Cl)c3Cl)C2=O)c2ccccc12. The standard InChI is InChI=1S/C22H14Cl2N2O4/c1-30-18-10-9-12(13-5-2-3-6-14(13)18)11-15-20(27)25-22(29)26(21(15)28)17-8-4-7-16(23)19(17)24/h2-11H,1H3,(H,25,27,29)/b15-11+. The van der Waals surface area contributed by atoms with Gasteiger partial charge in [-0.2, -0.15) is 0 Å². The number of urea groups is 1. The molecule has 1 aliphatic heterocycles. The van der Waals surface area contributed by atoms with Crippen LogP contribution in [0.25, 0.3) is 16.8 Å². The van der Waals surface area contributed by atoms with Gasteiger partial charge in [0.2, 0.25) is 0 Å². The van der Waals surface area contributed by atoms with Crippen molar-refractivity contribution >= 4 is 63.6 Å². The van der Waals surface area contributed by atoms with Gasteiger partial charge in [0.15, 0.2) is 0 Å². The van der Waals surface area contributed by atoms with Crippen LogP contribution in [-0.2, 0) is 9.59 Å². The van der Waals surface area contributed by atoms with Gasteiger partial charge < -0.3 is 4.74 Å². The van der Waals surface area contributed by atoms with Gasteiger partial charge >= 0.3 is 6.03 Å². The number of carbonyl (C=O) groups excluding carboxylic acids is 3. The van der Waals surface area contributed by atoms with Crippen molar-refractivity contribution in [2.75, 3.05) is 12.0 Å². The zero-order valence-electron chi connectivity index (χ0n) is 15.6. The maximum atomic E-state index is 13.1. The van der Waals surface area contributed by atoms with E-state index in [1.54, 1.807) is 25.3 Å². The zero-order valence-corrected chi connectivity index (χ0v) is 17.1. The Labute approximate surface area is 181 Å². The quantitative estimate of drug-likeness (QED) is 0.467. The maximum Gasteiger partial charge on any atom is 0.336 e. The number of barbiturate groups is 1. The first-order valence-electron chi connectivity index (χ1n) is 8.83. The number of nitrogens with one attached hydrogen (secondary N) is 1. The molecule has 0 aromatic heterocycles. The van der Waals surface area contributed by atoms with Gasteiger partial charge in [-0.3, -0.25) is 14.9 Å². The van der Waals surface area contributed by atoms with E-state index in [1.807, 2.05) is 24.3 Å². The molecular weight excluding hydrogens is 427 g/mol. The number of carbonyl (C=O) groups is 3. The maximum absolute atomic E-state index is 13.1. The van der Waals surface area contributed by atoms with Crippen LogP contribution in [-0.4, -0.2) is 25.0 Å². The molecule has 0 unspecified atom stereocenters. The van der Waals surface area contributed by atoms with Gasteiger partial charge in [-0.25, -0.2) is 9.69 Å². The average molecular weight is 441 g/mol. The summed E-state index contributed by atoms with van der Waals surface area (Å²) in [6, 6.07) is 14.6. The van der Waals surface area contributed by atoms with Crippen LogP contribution in [0.15, 0.2) is 60.2 Å². The van der Waals surface area contributed by atoms with Crippen LogP contribution in [0, 0.1) is 0 Å². The van der Waals surface area contributed by atoms with Gasteiger partial charge in [0, 0.05) is 5.39 Å². The minimum Gasteiger partial charge on any atom is -0.496 e. The van der Waals surface area contributed by atoms with Crippen molar-refractivity contribution in [3.8, 4) is 5.75 Å². The fraction of sp³-hybridized carbons (Fsp3) is 0.0455. The average Bonchev–Trinajstić information content (AvgIpc) is 2.74. The van der Waals surface area contributed by atoms with Crippen LogP contribution in [0.4, 0.5) is 10.5 Å². The lowest BCUT2D eigenvalue weighted by Crippen LogP contribution is -2.54. The number of hydrogen-bond acceptors (Lipinski definition) is 4. The lowest BCUT2D eigenvalue weighted by Gasteiger charge is -2.27. The Kier molecular flexibility index (Phi) is 5.20. The molecule has 3 aromatic rings. The normalized spacial score (nSPS) is 15.6. The van der Waals surface area contributed by atoms with Crippen molar-refractivity contribution in [3.63, 3.8) is 0 Å². The summed E-state index contributed by atoms with van der Waals surface area (Å²) in [6.45, 7) is 0. The Hall–Kier alpha value is -3.35. The predicted molar refractivity (Wildman–Crippen MR) is 116 cm³/mol. The molecule has 1 heterocycles. The Balaban J connectivity index is 1.85. The zero-order chi connectivity index (χ0) is 21.4. The van der Waals surface area contributed by atoms with E-state index in [1.165, 1.54) is 18.2 Å². The van der Waals surface area contributed by atoms with E-state index in [4.69, 9.17) is 27.9 Å². The number of methoxy groups -OCH3 is 1. The van der Waals surface area contributed by atoms with Crippen LogP contribution >= 0.6 is 23.2 Å². The van der Waals surface area contributed by atoms with Gasteiger partial charge in [0.1, 0.15) is 11.3 Å². The molecule has 0 aliphatic carbocycles. The highest BCUT2D eigenvalue weighted by atomic mass is 35.5. The Morgan fingerprint density at radius 2 is 1.67 bits per heavy atom. The third-order valence-corrected chi connectivity index (χ3v) is 5.52. The number of ether oxygens (including phenoxy) is 1. The number of imide groups is 2. The van der Waals surface area contributed by atoms with Gasteiger partial charge in [-0.05, 0) is 35.2 Å². The van der Waals surface area contributed by atoms with E-state index in [0.717, 1.165) is 15.7 Å². The predicted octanol–water partition coefficient (Wildman–Crippen LogP) is 4.82. The molecule has 4 rings (SSSR count). The lowest BCUT2D eigenvalue weighted by atomic mass is 10.00. The van der Waals surface area contributed by atoms with Gasteiger partial charge in [0.25, 0.3) is 11.8 Å². The Bertz CT molecular complexity index is 1250. The van der Waals surface area contributed by atoms with E-state index < -0.39 is 17.8 Å². The minimum atomic E-state index is -0.897. The summed E-state index contributed by atoms with van der Waals surface area (Å²) in [5, 5.41) is 4.00. The number of halogens is 2. The molecule has 1 N–H and O–H groups in total. The van der Waals surface area contributed by atoms with Crippen molar-refractivity contribution in [3.05, 3.63) is 75.8 Å². The Morgan fingerprint density at radius 1 is 0.933 bits per heavy atom. The molecule has 1 fully saturated rings. The van der Waals surface area contributed by atoms with Crippen LogP contribution in [0.2, 0.25) is 10.0 Å². The third kappa shape index (κ3) is 3.30. The summed E-state index contributed by atoms with van der Waals surface area (Å²) in [7, 11) is 1.57. The molecular formula is C22H14Cl2N2O4. The summed E-state index contributed by atoms with van der Waals surface area (Å²) in [5.74, 6) is -0.929. The molecule has 150 valence electrons. The van der Waals surface area contributed by atoms with Crippen molar-refractivity contribution < 1.29 is 19.1 Å². The van der Waals surface area contributed by atoms with Crippen molar-refractivity contribution in [1.29, 1.82) is 0 Å². The van der Waals surface area contributed by atoms with Gasteiger partial charge in [-0.1, -0.05) is 59.6 Å². The largest absolute Gasteiger partial charge is 0.496 e. The van der Waals surface area contributed by atoms with E-state index >= 15 is 0 Å². The van der Waals surface area contributed by atoms with Crippen molar-refractivity contribution in [2.45, 2.75) is 0 Å². The number of rotatable bonds is 3. The molecule has 0 saturated carbocycles. The first-order chi connectivity index (χ1) is 14.4. The highest BCUT2D eigenvalue weighted by Gasteiger charge is 2.38. The van der Waals surface area contributed by atoms with Crippen LogP contribution < -0.4 is 15.0 Å². The van der Waals surface area contributed by atoms with Gasteiger partial charge in [0.05, 0.1) is 22.8 Å². The molecule has 1 saturated heterocycles. The van der Waals surface area contributed by atoms with Crippen LogP contribution in [0.3, 0.4) is 0 Å². The molecule has 30 heavy (non-hydrogen) atoms. The first kappa shape index (κ1) is 19.9. The number of amides is 4. The molecule has 0 bridgehead atoms. The van der Waals surface area contributed by atoms with Crippen molar-refractivity contribution in [2.24, 2.45) is 0 Å². The summed E-state index contributed by atoms with van der Waals surface area (Å²) in [5.41, 5.74) is 0.502. The number of hydrogen-bond donors (Lipinski definition) is 1. The summed E-state index contributed by atoms with van der Waals surface area (Å²) < 4.78 is 5.38. The monoisotopic (exact) mass is 440 g/mol. The molecule has 8 heteroatoms. The third-order valence-electron chi connectivity index (χ3n) is 4.71. The second kappa shape index (κ2) is 7.82. The molecule has 4 amide bonds. The topological polar surface area (TPSA) is 75.7 Å². The smallest absolute Gasteiger partial charge is 0.336 e. The number of benzene rings is 3. The highest BCUT2D eigenvalue weighted by molar-refractivity contribution is 6.46. The fourth-order valence-corrected chi connectivity index (χ4v) is 3.68. The Morgan fingerprint density at radius 3 is 2.40 bits per heavy atom. The molecule has 0 spiro atoms. The van der Waals surface area contributed by atoms with E-state index in [-0.39, 0.29) is 21.3 Å². The minimum absolute atomic E-state index is 0.0336. The number of nitrogens with zero attached hydrogens (tertiary/aromatic N) is 1. The molecule has 0 atom stereocenters. The highest BCUT2D eigenvalue weighted by Crippen LogP contribution is 2.35. The second-order valence-corrected chi connectivity index (χ2v) is 7.22. The second-order valence-electron chi connectivity index (χ2n) is 6.43. The van der Waals surface area contributed by atoms with Crippen LogP contribution in [0.1, 0.15) is 5.56 Å². The fourth-order valence-electron chi connectivity index (χ4n) is 3.30. The number of anilines is 1. The van der Waals surface area contributed by atoms with E-state index in [2.05, 4.69) is 5.32 Å². The molecule has 6 nitrogen and oxygen atoms in total.